The van der Waals surface area contributed by atoms with E-state index in [4.69, 9.17) is 9.47 Å². The number of nitrogens with zero attached hydrogens (tertiary/aromatic N) is 1. The lowest BCUT2D eigenvalue weighted by molar-refractivity contribution is -0.138. The van der Waals surface area contributed by atoms with Crippen LogP contribution >= 0.6 is 0 Å². The van der Waals surface area contributed by atoms with Gasteiger partial charge in [0.25, 0.3) is 0 Å². The summed E-state index contributed by atoms with van der Waals surface area (Å²) >= 11 is 0. The van der Waals surface area contributed by atoms with Crippen LogP contribution in [-0.2, 0) is 21.4 Å². The third kappa shape index (κ3) is 5.05. The molecule has 2 aromatic rings. The van der Waals surface area contributed by atoms with Crippen molar-refractivity contribution in [3.63, 3.8) is 0 Å². The van der Waals surface area contributed by atoms with Crippen molar-refractivity contribution in [1.29, 1.82) is 0 Å². The summed E-state index contributed by atoms with van der Waals surface area (Å²) in [5.41, 5.74) is 10.7. The second kappa shape index (κ2) is 8.79. The number of fused-ring (bicyclic) bond motifs is 1. The van der Waals surface area contributed by atoms with Crippen molar-refractivity contribution >= 4 is 23.0 Å². The maximum Gasteiger partial charge on any atom is 0.333 e. The number of anilines is 3. The van der Waals surface area contributed by atoms with Crippen molar-refractivity contribution in [3.05, 3.63) is 53.6 Å². The summed E-state index contributed by atoms with van der Waals surface area (Å²) in [6.07, 6.45) is 0.519. The van der Waals surface area contributed by atoms with Crippen molar-refractivity contribution in [2.45, 2.75) is 46.5 Å². The molecule has 0 atom stereocenters. The van der Waals surface area contributed by atoms with Gasteiger partial charge in [0.2, 0.25) is 0 Å². The number of aromatic hydroxyl groups is 1. The van der Waals surface area contributed by atoms with E-state index in [1.165, 1.54) is 0 Å². The van der Waals surface area contributed by atoms with E-state index < -0.39 is 5.97 Å². The van der Waals surface area contributed by atoms with Gasteiger partial charge in [-0.2, -0.15) is 5.12 Å². The molecule has 0 saturated heterocycles. The van der Waals surface area contributed by atoms with Gasteiger partial charge in [0.05, 0.1) is 24.6 Å². The molecule has 3 N–H and O–H groups in total. The van der Waals surface area contributed by atoms with Crippen LogP contribution in [0.3, 0.4) is 0 Å². The van der Waals surface area contributed by atoms with Crippen LogP contribution in [-0.4, -0.2) is 24.3 Å². The smallest absolute Gasteiger partial charge is 0.333 e. The first-order valence-corrected chi connectivity index (χ1v) is 10.4. The van der Waals surface area contributed by atoms with Crippen LogP contribution in [0.5, 0.6) is 11.5 Å². The van der Waals surface area contributed by atoms with E-state index in [0.29, 0.717) is 24.3 Å². The normalized spacial score (nSPS) is 12.6. The van der Waals surface area contributed by atoms with E-state index >= 15 is 0 Å². The Morgan fingerprint density at radius 1 is 1.16 bits per heavy atom. The van der Waals surface area contributed by atoms with Gasteiger partial charge in [-0.15, -0.1) is 0 Å². The highest BCUT2D eigenvalue weighted by Crippen LogP contribution is 2.42. The molecule has 31 heavy (non-hydrogen) atoms. The molecule has 0 bridgehead atoms. The molecule has 2 aromatic carbocycles. The molecule has 1 heterocycles. The van der Waals surface area contributed by atoms with Crippen molar-refractivity contribution < 1.29 is 19.4 Å². The Bertz CT molecular complexity index is 995. The summed E-state index contributed by atoms with van der Waals surface area (Å²) in [6, 6.07) is 9.58. The molecule has 7 nitrogen and oxygen atoms in total. The zero-order chi connectivity index (χ0) is 22.8. The Morgan fingerprint density at radius 3 is 2.52 bits per heavy atom. The molecule has 166 valence electrons. The van der Waals surface area contributed by atoms with Crippen LogP contribution in [0.15, 0.2) is 42.5 Å². The van der Waals surface area contributed by atoms with Gasteiger partial charge in [-0.05, 0) is 43.0 Å². The SMILES string of the molecule is C=C(C)C(=O)OCCc1cc(N2Nc3ccc(OCC)cc3N2)c(O)c(C(C)(C)C)c1. The maximum atomic E-state index is 11.7. The first-order chi connectivity index (χ1) is 14.6. The fourth-order valence-electron chi connectivity index (χ4n) is 3.31. The summed E-state index contributed by atoms with van der Waals surface area (Å²) < 4.78 is 10.8. The van der Waals surface area contributed by atoms with Crippen molar-refractivity contribution in [3.8, 4) is 11.5 Å². The number of carbonyl (C=O) groups excluding carboxylic acids is 1. The number of phenolic OH excluding ortho intramolecular Hbond substituents is 1. The third-order valence-electron chi connectivity index (χ3n) is 4.94. The van der Waals surface area contributed by atoms with E-state index in [2.05, 4.69) is 17.4 Å². The molecule has 1 aliphatic rings. The van der Waals surface area contributed by atoms with Crippen molar-refractivity contribution in [2.24, 2.45) is 0 Å². The van der Waals surface area contributed by atoms with Crippen molar-refractivity contribution in [2.75, 3.05) is 29.2 Å². The molecule has 0 aromatic heterocycles. The number of phenols is 1. The molecule has 0 unspecified atom stereocenters. The van der Waals surface area contributed by atoms with Gasteiger partial charge in [0.1, 0.15) is 17.2 Å². The van der Waals surface area contributed by atoms with E-state index in [0.717, 1.165) is 28.3 Å². The Labute approximate surface area is 183 Å². The molecule has 0 radical (unpaired) electrons. The fraction of sp³-hybridized carbons (Fsp3) is 0.375. The molecule has 3 rings (SSSR count). The quantitative estimate of drug-likeness (QED) is 0.429. The third-order valence-corrected chi connectivity index (χ3v) is 4.94. The van der Waals surface area contributed by atoms with Gasteiger partial charge in [-0.1, -0.05) is 33.4 Å². The zero-order valence-corrected chi connectivity index (χ0v) is 18.8. The molecular formula is C24H31N3O4. The molecule has 0 aliphatic carbocycles. The average Bonchev–Trinajstić information content (AvgIpc) is 3.11. The van der Waals surface area contributed by atoms with Crippen LogP contribution in [0.25, 0.3) is 0 Å². The molecule has 7 heteroatoms. The Balaban J connectivity index is 1.88. The Kier molecular flexibility index (Phi) is 6.34. The molecular weight excluding hydrogens is 394 g/mol. The van der Waals surface area contributed by atoms with Crippen LogP contribution in [0.2, 0.25) is 0 Å². The summed E-state index contributed by atoms with van der Waals surface area (Å²) in [5.74, 6) is 0.552. The van der Waals surface area contributed by atoms with Gasteiger partial charge >= 0.3 is 5.97 Å². The largest absolute Gasteiger partial charge is 0.505 e. The van der Waals surface area contributed by atoms with Crippen LogP contribution in [0.4, 0.5) is 17.1 Å². The summed E-state index contributed by atoms with van der Waals surface area (Å²) in [5, 5.41) is 12.8. The van der Waals surface area contributed by atoms with Gasteiger partial charge in [-0.25, -0.2) is 4.79 Å². The minimum atomic E-state index is -0.404. The van der Waals surface area contributed by atoms with Crippen molar-refractivity contribution in [1.82, 2.24) is 0 Å². The summed E-state index contributed by atoms with van der Waals surface area (Å²) in [6.45, 7) is 14.1. The van der Waals surface area contributed by atoms with Gasteiger partial charge < -0.3 is 14.6 Å². The molecule has 0 amide bonds. The number of nitrogens with one attached hydrogen (secondary N) is 2. The molecule has 1 aliphatic heterocycles. The van der Waals surface area contributed by atoms with E-state index in [9.17, 15) is 9.90 Å². The van der Waals surface area contributed by atoms with Gasteiger partial charge in [0.15, 0.2) is 0 Å². The number of ether oxygens (including phenoxy) is 2. The molecule has 0 fully saturated rings. The topological polar surface area (TPSA) is 83.1 Å². The zero-order valence-electron chi connectivity index (χ0n) is 18.8. The predicted molar refractivity (Wildman–Crippen MR) is 124 cm³/mol. The highest BCUT2D eigenvalue weighted by Gasteiger charge is 2.27. The lowest BCUT2D eigenvalue weighted by Crippen LogP contribution is -2.30. The minimum absolute atomic E-state index is 0.188. The number of hydrogen-bond donors (Lipinski definition) is 3. The first kappa shape index (κ1) is 22.3. The summed E-state index contributed by atoms with van der Waals surface area (Å²) in [4.78, 5) is 11.7. The highest BCUT2D eigenvalue weighted by molar-refractivity contribution is 5.87. The van der Waals surface area contributed by atoms with E-state index in [1.807, 2.05) is 58.0 Å². The highest BCUT2D eigenvalue weighted by atomic mass is 16.5. The lowest BCUT2D eigenvalue weighted by atomic mass is 9.84. The number of hydrogen-bond acceptors (Lipinski definition) is 7. The monoisotopic (exact) mass is 425 g/mol. The van der Waals surface area contributed by atoms with Gasteiger partial charge in [-0.3, -0.25) is 10.9 Å². The predicted octanol–water partition coefficient (Wildman–Crippen LogP) is 4.92. The van der Waals surface area contributed by atoms with Crippen LogP contribution in [0, 0.1) is 0 Å². The minimum Gasteiger partial charge on any atom is -0.505 e. The van der Waals surface area contributed by atoms with E-state index in [1.54, 1.807) is 12.0 Å². The lowest BCUT2D eigenvalue weighted by Gasteiger charge is -2.27. The Hall–Kier alpha value is -3.35. The maximum absolute atomic E-state index is 11.7. The molecule has 0 saturated carbocycles. The average molecular weight is 426 g/mol. The Morgan fingerprint density at radius 2 is 1.87 bits per heavy atom. The van der Waals surface area contributed by atoms with Crippen LogP contribution in [0.1, 0.15) is 45.7 Å². The van der Waals surface area contributed by atoms with E-state index in [-0.39, 0.29) is 17.8 Å². The second-order valence-corrected chi connectivity index (χ2v) is 8.63. The van der Waals surface area contributed by atoms with Gasteiger partial charge in [0, 0.05) is 23.6 Å². The number of benzene rings is 2. The number of esters is 1. The standard InChI is InChI=1S/C24H31N3O4/c1-7-30-17-8-9-19-20(14-17)26-27(25-19)21-13-16(10-11-31-23(29)15(2)3)12-18(22(21)28)24(4,5)6/h8-9,12-14,25-26,28H,2,7,10-11H2,1,3-6H3. The number of carbonyl (C=O) groups is 1. The second-order valence-electron chi connectivity index (χ2n) is 8.63. The van der Waals surface area contributed by atoms with Crippen LogP contribution < -0.4 is 20.7 Å². The fourth-order valence-corrected chi connectivity index (χ4v) is 3.31. The first-order valence-electron chi connectivity index (χ1n) is 10.4. The summed E-state index contributed by atoms with van der Waals surface area (Å²) in [7, 11) is 0. The number of rotatable bonds is 7. The number of hydrazine groups is 2. The molecule has 0 spiro atoms.